The number of thiazole rings is 1. The number of nitrogens with zero attached hydrogens (tertiary/aromatic N) is 3. The van der Waals surface area contributed by atoms with E-state index in [2.05, 4.69) is 63.1 Å². The minimum Gasteiger partial charge on any atom is -0.241 e. The molecule has 0 amide bonds. The van der Waals surface area contributed by atoms with Crippen molar-refractivity contribution in [3.05, 3.63) is 53.3 Å². The number of hydrogen-bond acceptors (Lipinski definition) is 4. The third-order valence-corrected chi connectivity index (χ3v) is 8.23. The summed E-state index contributed by atoms with van der Waals surface area (Å²) in [6, 6.07) is 12.7. The maximum Gasteiger partial charge on any atom is 0.124 e. The van der Waals surface area contributed by atoms with Crippen molar-refractivity contribution < 1.29 is 0 Å². The third kappa shape index (κ3) is 1.96. The standard InChI is InChI=1S/C22H23N3S/c1-13-18(26-20(23-13)14-8-6-5-7-9-14)17-12-15-16-10-11-22(4,21(16,2)3)19(15)25-24-17/h5-9,12,16H,10-11H2,1-4H3/t16-,22+/m0/s1. The van der Waals surface area contributed by atoms with Crippen LogP contribution in [0.5, 0.6) is 0 Å². The van der Waals surface area contributed by atoms with Crippen LogP contribution < -0.4 is 0 Å². The monoisotopic (exact) mass is 361 g/mol. The fourth-order valence-corrected chi connectivity index (χ4v) is 6.05. The zero-order chi connectivity index (χ0) is 18.1. The van der Waals surface area contributed by atoms with Crippen molar-refractivity contribution >= 4 is 11.3 Å². The van der Waals surface area contributed by atoms with Gasteiger partial charge in [-0.3, -0.25) is 0 Å². The molecule has 1 saturated carbocycles. The first-order chi connectivity index (χ1) is 12.4. The highest BCUT2D eigenvalue weighted by molar-refractivity contribution is 7.18. The minimum absolute atomic E-state index is 0.163. The Labute approximate surface area is 158 Å². The van der Waals surface area contributed by atoms with E-state index in [9.17, 15) is 0 Å². The maximum absolute atomic E-state index is 4.79. The summed E-state index contributed by atoms with van der Waals surface area (Å²) in [4.78, 5) is 5.94. The van der Waals surface area contributed by atoms with Crippen LogP contribution in [0.1, 0.15) is 56.5 Å². The molecule has 2 atom stereocenters. The van der Waals surface area contributed by atoms with Gasteiger partial charge >= 0.3 is 0 Å². The molecule has 1 fully saturated rings. The molecule has 2 aliphatic rings. The van der Waals surface area contributed by atoms with Gasteiger partial charge in [0.1, 0.15) is 10.7 Å². The van der Waals surface area contributed by atoms with Gasteiger partial charge in [0.25, 0.3) is 0 Å². The van der Waals surface area contributed by atoms with Gasteiger partial charge in [0.05, 0.1) is 16.3 Å². The molecule has 0 spiro atoms. The smallest absolute Gasteiger partial charge is 0.124 e. The Kier molecular flexibility index (Phi) is 3.24. The summed E-state index contributed by atoms with van der Waals surface area (Å²) in [5, 5.41) is 10.4. The van der Waals surface area contributed by atoms with E-state index in [-0.39, 0.29) is 10.8 Å². The lowest BCUT2D eigenvalue weighted by molar-refractivity contribution is 0.226. The Morgan fingerprint density at radius 3 is 2.62 bits per heavy atom. The van der Waals surface area contributed by atoms with E-state index in [1.54, 1.807) is 11.3 Å². The van der Waals surface area contributed by atoms with Gasteiger partial charge in [0.2, 0.25) is 0 Å². The predicted molar refractivity (Wildman–Crippen MR) is 106 cm³/mol. The molecule has 1 aromatic carbocycles. The van der Waals surface area contributed by atoms with E-state index in [1.807, 2.05) is 6.07 Å². The lowest BCUT2D eigenvalue weighted by Crippen LogP contribution is -2.32. The molecule has 26 heavy (non-hydrogen) atoms. The summed E-state index contributed by atoms with van der Waals surface area (Å²) in [6.45, 7) is 9.25. The van der Waals surface area contributed by atoms with Gasteiger partial charge < -0.3 is 0 Å². The minimum atomic E-state index is 0.163. The Morgan fingerprint density at radius 1 is 1.08 bits per heavy atom. The molecule has 2 heterocycles. The van der Waals surface area contributed by atoms with Crippen LogP contribution in [0.25, 0.3) is 21.1 Å². The molecular weight excluding hydrogens is 338 g/mol. The summed E-state index contributed by atoms with van der Waals surface area (Å²) in [6.07, 6.45) is 2.49. The van der Waals surface area contributed by atoms with E-state index in [1.165, 1.54) is 24.1 Å². The Hall–Kier alpha value is -2.07. The van der Waals surface area contributed by atoms with Crippen LogP contribution in [0, 0.1) is 12.3 Å². The summed E-state index contributed by atoms with van der Waals surface area (Å²) >= 11 is 1.72. The lowest BCUT2D eigenvalue weighted by Gasteiger charge is -2.33. The number of aryl methyl sites for hydroxylation is 1. The highest BCUT2D eigenvalue weighted by Gasteiger charge is 2.60. The van der Waals surface area contributed by atoms with Gasteiger partial charge in [-0.05, 0) is 42.7 Å². The second kappa shape index (κ2) is 5.23. The van der Waals surface area contributed by atoms with Crippen molar-refractivity contribution in [3.8, 4) is 21.1 Å². The highest BCUT2D eigenvalue weighted by atomic mass is 32.1. The summed E-state index contributed by atoms with van der Waals surface area (Å²) in [7, 11) is 0. The highest BCUT2D eigenvalue weighted by Crippen LogP contribution is 2.67. The van der Waals surface area contributed by atoms with E-state index < -0.39 is 0 Å². The van der Waals surface area contributed by atoms with Crippen molar-refractivity contribution in [2.24, 2.45) is 5.41 Å². The SMILES string of the molecule is Cc1nc(-c2ccccc2)sc1-c1cc2c(nn1)[C@@]1(C)CC[C@@H]2C1(C)C. The van der Waals surface area contributed by atoms with Crippen molar-refractivity contribution in [2.75, 3.05) is 0 Å². The second-order valence-electron chi connectivity index (χ2n) is 8.48. The fourth-order valence-electron chi connectivity index (χ4n) is 5.02. The zero-order valence-corrected chi connectivity index (χ0v) is 16.5. The largest absolute Gasteiger partial charge is 0.241 e. The molecule has 2 bridgehead atoms. The Morgan fingerprint density at radius 2 is 1.85 bits per heavy atom. The average molecular weight is 362 g/mol. The molecule has 0 saturated heterocycles. The number of rotatable bonds is 2. The van der Waals surface area contributed by atoms with Crippen LogP contribution in [-0.4, -0.2) is 15.2 Å². The van der Waals surface area contributed by atoms with Crippen molar-refractivity contribution in [2.45, 2.75) is 51.9 Å². The third-order valence-electron chi connectivity index (χ3n) is 7.00. The van der Waals surface area contributed by atoms with Crippen LogP contribution in [0.2, 0.25) is 0 Å². The first kappa shape index (κ1) is 16.1. The maximum atomic E-state index is 4.79. The van der Waals surface area contributed by atoms with Gasteiger partial charge in [0.15, 0.2) is 0 Å². The van der Waals surface area contributed by atoms with E-state index >= 15 is 0 Å². The van der Waals surface area contributed by atoms with Crippen LogP contribution in [0.15, 0.2) is 36.4 Å². The van der Waals surface area contributed by atoms with Crippen LogP contribution in [0.3, 0.4) is 0 Å². The molecule has 0 unspecified atom stereocenters. The van der Waals surface area contributed by atoms with Gasteiger partial charge in [-0.2, -0.15) is 5.10 Å². The van der Waals surface area contributed by atoms with Crippen LogP contribution in [0.4, 0.5) is 0 Å². The zero-order valence-electron chi connectivity index (χ0n) is 15.7. The molecule has 0 N–H and O–H groups in total. The van der Waals surface area contributed by atoms with Gasteiger partial charge in [-0.1, -0.05) is 51.1 Å². The summed E-state index contributed by atoms with van der Waals surface area (Å²) in [5.74, 6) is 0.596. The van der Waals surface area contributed by atoms with Crippen LogP contribution >= 0.6 is 11.3 Å². The second-order valence-corrected chi connectivity index (χ2v) is 9.48. The van der Waals surface area contributed by atoms with Crippen LogP contribution in [-0.2, 0) is 5.41 Å². The summed E-state index contributed by atoms with van der Waals surface area (Å²) < 4.78 is 0. The number of aromatic nitrogens is 3. The van der Waals surface area contributed by atoms with Gasteiger partial charge in [-0.25, -0.2) is 4.98 Å². The fraction of sp³-hybridized carbons (Fsp3) is 0.409. The molecular formula is C22H23N3S. The van der Waals surface area contributed by atoms with E-state index in [0.29, 0.717) is 5.92 Å². The summed E-state index contributed by atoms with van der Waals surface area (Å²) in [5.41, 5.74) is 6.26. The predicted octanol–water partition coefficient (Wildman–Crippen LogP) is 5.75. The molecule has 4 heteroatoms. The molecule has 0 aliphatic heterocycles. The first-order valence-electron chi connectivity index (χ1n) is 9.33. The topological polar surface area (TPSA) is 38.7 Å². The quantitative estimate of drug-likeness (QED) is 0.583. The molecule has 2 aromatic heterocycles. The number of benzene rings is 1. The normalized spacial score (nSPS) is 25.5. The van der Waals surface area contributed by atoms with Crippen molar-refractivity contribution in [1.82, 2.24) is 15.2 Å². The molecule has 0 radical (unpaired) electrons. The Balaban J connectivity index is 1.61. The lowest BCUT2D eigenvalue weighted by atomic mass is 9.70. The Bertz CT molecular complexity index is 1010. The van der Waals surface area contributed by atoms with E-state index in [0.717, 1.165) is 26.8 Å². The molecule has 132 valence electrons. The number of hydrogen-bond donors (Lipinski definition) is 0. The molecule has 3 aromatic rings. The van der Waals surface area contributed by atoms with Crippen molar-refractivity contribution in [3.63, 3.8) is 0 Å². The molecule has 5 rings (SSSR count). The van der Waals surface area contributed by atoms with Crippen molar-refractivity contribution in [1.29, 1.82) is 0 Å². The van der Waals surface area contributed by atoms with Gasteiger partial charge in [-0.15, -0.1) is 16.4 Å². The number of fused-ring (bicyclic) bond motifs is 5. The first-order valence-corrected chi connectivity index (χ1v) is 10.1. The van der Waals surface area contributed by atoms with E-state index in [4.69, 9.17) is 10.1 Å². The molecule has 3 nitrogen and oxygen atoms in total. The average Bonchev–Trinajstić information content (AvgIpc) is 3.19. The molecule has 2 aliphatic carbocycles. The van der Waals surface area contributed by atoms with Gasteiger partial charge in [0, 0.05) is 11.0 Å².